The molecule has 0 aliphatic rings. The molecule has 0 unspecified atom stereocenters. The van der Waals surface area contributed by atoms with E-state index in [9.17, 15) is 9.59 Å². The van der Waals surface area contributed by atoms with E-state index in [0.29, 0.717) is 13.0 Å². The number of rotatable bonds is 7. The van der Waals surface area contributed by atoms with Crippen LogP contribution in [0.15, 0.2) is 0 Å². The van der Waals surface area contributed by atoms with Gasteiger partial charge >= 0.3 is 0 Å². The fourth-order valence-corrected chi connectivity index (χ4v) is 1.61. The first-order valence-corrected chi connectivity index (χ1v) is 6.89. The van der Waals surface area contributed by atoms with Crippen molar-refractivity contribution in [2.45, 2.75) is 53.9 Å². The van der Waals surface area contributed by atoms with Gasteiger partial charge in [-0.25, -0.2) is 0 Å². The highest BCUT2D eigenvalue weighted by atomic mass is 16.2. The average molecular weight is 256 g/mol. The Bertz CT molecular complexity index is 263. The van der Waals surface area contributed by atoms with Gasteiger partial charge in [0.15, 0.2) is 0 Å². The largest absolute Gasteiger partial charge is 0.355 e. The van der Waals surface area contributed by atoms with Crippen molar-refractivity contribution >= 4 is 11.8 Å². The van der Waals surface area contributed by atoms with E-state index in [-0.39, 0.29) is 11.8 Å². The first-order chi connectivity index (χ1) is 8.32. The van der Waals surface area contributed by atoms with Crippen molar-refractivity contribution in [1.29, 1.82) is 0 Å². The van der Waals surface area contributed by atoms with Crippen molar-refractivity contribution in [3.05, 3.63) is 0 Å². The van der Waals surface area contributed by atoms with Gasteiger partial charge in [0.1, 0.15) is 0 Å². The number of amides is 2. The molecule has 0 saturated heterocycles. The third-order valence-corrected chi connectivity index (χ3v) is 2.65. The van der Waals surface area contributed by atoms with Crippen molar-refractivity contribution in [3.8, 4) is 0 Å². The fourth-order valence-electron chi connectivity index (χ4n) is 1.61. The zero-order chi connectivity index (χ0) is 14.2. The van der Waals surface area contributed by atoms with E-state index < -0.39 is 5.41 Å². The van der Waals surface area contributed by atoms with E-state index in [2.05, 4.69) is 19.2 Å². The van der Waals surface area contributed by atoms with Gasteiger partial charge in [-0.15, -0.1) is 0 Å². The second kappa shape index (κ2) is 8.11. The van der Waals surface area contributed by atoms with Gasteiger partial charge in [-0.3, -0.25) is 9.59 Å². The number of nitrogens with one attached hydrogen (secondary N) is 1. The first kappa shape index (κ1) is 16.9. The fraction of sp³-hybridized carbons (Fsp3) is 0.857. The zero-order valence-electron chi connectivity index (χ0n) is 12.5. The quantitative estimate of drug-likeness (QED) is 0.759. The van der Waals surface area contributed by atoms with E-state index >= 15 is 0 Å². The van der Waals surface area contributed by atoms with Crippen molar-refractivity contribution in [1.82, 2.24) is 10.2 Å². The van der Waals surface area contributed by atoms with Crippen LogP contribution >= 0.6 is 0 Å². The second-order valence-electron chi connectivity index (χ2n) is 5.64. The standard InChI is InChI=1S/C14H28N2O2/c1-6-10-16(11-7-2)12(17)8-9-15-13(18)14(3,4)5/h6-11H2,1-5H3,(H,15,18). The Morgan fingerprint density at radius 3 is 1.94 bits per heavy atom. The summed E-state index contributed by atoms with van der Waals surface area (Å²) in [7, 11) is 0. The molecule has 18 heavy (non-hydrogen) atoms. The predicted octanol–water partition coefficient (Wildman–Crippen LogP) is 2.19. The lowest BCUT2D eigenvalue weighted by Crippen LogP contribution is -2.39. The highest BCUT2D eigenvalue weighted by Gasteiger charge is 2.21. The van der Waals surface area contributed by atoms with Crippen LogP contribution in [0.2, 0.25) is 0 Å². The monoisotopic (exact) mass is 256 g/mol. The third-order valence-electron chi connectivity index (χ3n) is 2.65. The SMILES string of the molecule is CCCN(CCC)C(=O)CCNC(=O)C(C)(C)C. The van der Waals surface area contributed by atoms with Crippen LogP contribution in [0.25, 0.3) is 0 Å². The summed E-state index contributed by atoms with van der Waals surface area (Å²) in [5.74, 6) is 0.126. The molecule has 0 aromatic rings. The Kier molecular flexibility index (Phi) is 7.64. The summed E-state index contributed by atoms with van der Waals surface area (Å²) in [5.41, 5.74) is -0.393. The van der Waals surface area contributed by atoms with Gasteiger partial charge in [0.25, 0.3) is 0 Å². The minimum atomic E-state index is -0.393. The maximum atomic E-state index is 11.9. The molecular weight excluding hydrogens is 228 g/mol. The third kappa shape index (κ3) is 6.62. The molecule has 0 bridgehead atoms. The molecule has 4 heteroatoms. The Hall–Kier alpha value is -1.06. The molecule has 0 aliphatic heterocycles. The summed E-state index contributed by atoms with van der Waals surface area (Å²) >= 11 is 0. The van der Waals surface area contributed by atoms with Crippen LogP contribution in [0.3, 0.4) is 0 Å². The summed E-state index contributed by atoms with van der Waals surface area (Å²) < 4.78 is 0. The highest BCUT2D eigenvalue weighted by molar-refractivity contribution is 5.82. The number of hydrogen-bond acceptors (Lipinski definition) is 2. The minimum absolute atomic E-state index is 0.00664. The van der Waals surface area contributed by atoms with Crippen LogP contribution < -0.4 is 5.32 Å². The second-order valence-corrected chi connectivity index (χ2v) is 5.64. The molecule has 0 heterocycles. The van der Waals surface area contributed by atoms with Crippen LogP contribution in [0.5, 0.6) is 0 Å². The van der Waals surface area contributed by atoms with Crippen LogP contribution in [-0.4, -0.2) is 36.3 Å². The van der Waals surface area contributed by atoms with Crippen LogP contribution in [0.1, 0.15) is 53.9 Å². The Morgan fingerprint density at radius 2 is 1.56 bits per heavy atom. The predicted molar refractivity (Wildman–Crippen MR) is 74.2 cm³/mol. The molecule has 0 rings (SSSR count). The molecule has 0 aromatic carbocycles. The lowest BCUT2D eigenvalue weighted by atomic mass is 9.96. The van der Waals surface area contributed by atoms with E-state index in [0.717, 1.165) is 25.9 Å². The number of carbonyl (C=O) groups excluding carboxylic acids is 2. The maximum absolute atomic E-state index is 11.9. The van der Waals surface area contributed by atoms with Gasteiger partial charge in [0.05, 0.1) is 0 Å². The van der Waals surface area contributed by atoms with Gasteiger partial charge in [0, 0.05) is 31.5 Å². The molecule has 1 N–H and O–H groups in total. The van der Waals surface area contributed by atoms with Crippen molar-refractivity contribution in [3.63, 3.8) is 0 Å². The Balaban J connectivity index is 4.04. The molecule has 0 aromatic heterocycles. The minimum Gasteiger partial charge on any atom is -0.355 e. The summed E-state index contributed by atoms with van der Waals surface area (Å²) in [5, 5.41) is 2.81. The van der Waals surface area contributed by atoms with Crippen LogP contribution in [-0.2, 0) is 9.59 Å². The number of hydrogen-bond donors (Lipinski definition) is 1. The van der Waals surface area contributed by atoms with Gasteiger partial charge in [0.2, 0.25) is 11.8 Å². The normalized spacial score (nSPS) is 11.2. The number of nitrogens with zero attached hydrogens (tertiary/aromatic N) is 1. The van der Waals surface area contributed by atoms with Gasteiger partial charge in [-0.05, 0) is 12.8 Å². The average Bonchev–Trinajstić information content (AvgIpc) is 2.27. The maximum Gasteiger partial charge on any atom is 0.225 e. The Morgan fingerprint density at radius 1 is 1.06 bits per heavy atom. The summed E-state index contributed by atoms with van der Waals surface area (Å²) in [6.07, 6.45) is 2.34. The zero-order valence-corrected chi connectivity index (χ0v) is 12.5. The summed E-state index contributed by atoms with van der Waals surface area (Å²) in [4.78, 5) is 25.4. The lowest BCUT2D eigenvalue weighted by Gasteiger charge is -2.22. The molecule has 0 aliphatic carbocycles. The lowest BCUT2D eigenvalue weighted by molar-refractivity contribution is -0.131. The van der Waals surface area contributed by atoms with Gasteiger partial charge in [-0.1, -0.05) is 34.6 Å². The number of carbonyl (C=O) groups is 2. The summed E-state index contributed by atoms with van der Waals surface area (Å²) in [6, 6.07) is 0. The smallest absolute Gasteiger partial charge is 0.225 e. The topological polar surface area (TPSA) is 49.4 Å². The van der Waals surface area contributed by atoms with Gasteiger partial charge < -0.3 is 10.2 Å². The van der Waals surface area contributed by atoms with E-state index in [4.69, 9.17) is 0 Å². The molecule has 2 amide bonds. The van der Waals surface area contributed by atoms with Crippen molar-refractivity contribution in [2.24, 2.45) is 5.41 Å². The van der Waals surface area contributed by atoms with E-state index in [1.807, 2.05) is 25.7 Å². The van der Waals surface area contributed by atoms with Gasteiger partial charge in [-0.2, -0.15) is 0 Å². The highest BCUT2D eigenvalue weighted by Crippen LogP contribution is 2.12. The molecule has 0 fully saturated rings. The Labute approximate surface area is 111 Å². The molecule has 0 atom stereocenters. The van der Waals surface area contributed by atoms with Crippen molar-refractivity contribution in [2.75, 3.05) is 19.6 Å². The molecule has 0 saturated carbocycles. The van der Waals surface area contributed by atoms with Crippen molar-refractivity contribution < 1.29 is 9.59 Å². The molecule has 106 valence electrons. The molecule has 4 nitrogen and oxygen atoms in total. The van der Waals surface area contributed by atoms with Crippen LogP contribution in [0.4, 0.5) is 0 Å². The molecular formula is C14H28N2O2. The van der Waals surface area contributed by atoms with E-state index in [1.54, 1.807) is 0 Å². The van der Waals surface area contributed by atoms with E-state index in [1.165, 1.54) is 0 Å². The molecule has 0 radical (unpaired) electrons. The molecule has 0 spiro atoms. The summed E-state index contributed by atoms with van der Waals surface area (Å²) in [6.45, 7) is 11.8. The first-order valence-electron chi connectivity index (χ1n) is 6.89. The van der Waals surface area contributed by atoms with Crippen LogP contribution in [0, 0.1) is 5.41 Å².